The molecular formula is C18H33ClN2O2. The largest absolute Gasteiger partial charge is 0.383 e. The molecule has 4 saturated carbocycles. The third-order valence-corrected chi connectivity index (χ3v) is 6.18. The van der Waals surface area contributed by atoms with Gasteiger partial charge in [0.05, 0.1) is 12.0 Å². The molecule has 4 fully saturated rings. The zero-order valence-corrected chi connectivity index (χ0v) is 15.7. The van der Waals surface area contributed by atoms with Gasteiger partial charge in [0.25, 0.3) is 0 Å². The van der Waals surface area contributed by atoms with E-state index >= 15 is 0 Å². The van der Waals surface area contributed by atoms with Crippen LogP contribution >= 0.6 is 12.4 Å². The molecule has 0 aliphatic heterocycles. The molecule has 4 rings (SSSR count). The van der Waals surface area contributed by atoms with Crippen molar-refractivity contribution in [2.45, 2.75) is 52.4 Å². The summed E-state index contributed by atoms with van der Waals surface area (Å²) >= 11 is 0. The fourth-order valence-corrected chi connectivity index (χ4v) is 6.45. The molecule has 5 heteroatoms. The number of ether oxygens (including phenoxy) is 1. The maximum absolute atomic E-state index is 12.9. The monoisotopic (exact) mass is 344 g/mol. The lowest BCUT2D eigenvalue weighted by Crippen LogP contribution is -2.60. The van der Waals surface area contributed by atoms with Gasteiger partial charge in [-0.3, -0.25) is 4.79 Å². The summed E-state index contributed by atoms with van der Waals surface area (Å²) in [7, 11) is 1.71. The Labute approximate surface area is 146 Å². The fraction of sp³-hybridized carbons (Fsp3) is 0.944. The molecule has 0 saturated heterocycles. The Morgan fingerprint density at radius 2 is 1.70 bits per heavy atom. The van der Waals surface area contributed by atoms with Crippen LogP contribution in [0.1, 0.15) is 52.4 Å². The van der Waals surface area contributed by atoms with Crippen LogP contribution < -0.4 is 10.6 Å². The second kappa shape index (κ2) is 6.89. The van der Waals surface area contributed by atoms with Gasteiger partial charge in [-0.2, -0.15) is 0 Å². The molecule has 0 aromatic carbocycles. The minimum atomic E-state index is -0.0740. The molecule has 4 bridgehead atoms. The van der Waals surface area contributed by atoms with Crippen LogP contribution in [0.5, 0.6) is 0 Å². The third kappa shape index (κ3) is 3.85. The molecule has 2 unspecified atom stereocenters. The molecule has 134 valence electrons. The van der Waals surface area contributed by atoms with Crippen molar-refractivity contribution in [3.05, 3.63) is 0 Å². The molecule has 0 heterocycles. The Morgan fingerprint density at radius 3 is 2.26 bits per heavy atom. The summed E-state index contributed by atoms with van der Waals surface area (Å²) in [6.45, 7) is 7.95. The number of amides is 1. The van der Waals surface area contributed by atoms with Gasteiger partial charge >= 0.3 is 0 Å². The van der Waals surface area contributed by atoms with E-state index in [2.05, 4.69) is 24.5 Å². The molecule has 0 spiro atoms. The van der Waals surface area contributed by atoms with Gasteiger partial charge in [0, 0.05) is 26.7 Å². The normalized spacial score (nSPS) is 40.7. The Bertz CT molecular complexity index is 425. The van der Waals surface area contributed by atoms with Crippen molar-refractivity contribution < 1.29 is 9.53 Å². The fourth-order valence-electron chi connectivity index (χ4n) is 6.45. The molecule has 2 N–H and O–H groups in total. The van der Waals surface area contributed by atoms with Crippen LogP contribution in [0, 0.1) is 22.2 Å². The molecule has 4 nitrogen and oxygen atoms in total. The Kier molecular flexibility index (Phi) is 5.70. The van der Waals surface area contributed by atoms with Crippen molar-refractivity contribution in [3.63, 3.8) is 0 Å². The first-order valence-corrected chi connectivity index (χ1v) is 8.87. The van der Waals surface area contributed by atoms with Gasteiger partial charge in [0.2, 0.25) is 5.91 Å². The van der Waals surface area contributed by atoms with Crippen LogP contribution in [0.2, 0.25) is 0 Å². The van der Waals surface area contributed by atoms with E-state index in [4.69, 9.17) is 4.74 Å². The summed E-state index contributed by atoms with van der Waals surface area (Å²) in [4.78, 5) is 12.9. The highest BCUT2D eigenvalue weighted by atomic mass is 35.5. The lowest BCUT2D eigenvalue weighted by atomic mass is 9.40. The predicted molar refractivity (Wildman–Crippen MR) is 94.8 cm³/mol. The lowest BCUT2D eigenvalue weighted by molar-refractivity contribution is -0.170. The van der Waals surface area contributed by atoms with E-state index in [0.29, 0.717) is 16.7 Å². The van der Waals surface area contributed by atoms with Crippen LogP contribution in [-0.4, -0.2) is 39.3 Å². The number of rotatable bonds is 7. The van der Waals surface area contributed by atoms with E-state index < -0.39 is 0 Å². The van der Waals surface area contributed by atoms with Gasteiger partial charge < -0.3 is 15.4 Å². The topological polar surface area (TPSA) is 50.4 Å². The van der Waals surface area contributed by atoms with Gasteiger partial charge in [-0.15, -0.1) is 12.4 Å². The molecule has 4 aliphatic rings. The van der Waals surface area contributed by atoms with Gasteiger partial charge in [-0.05, 0) is 55.3 Å². The van der Waals surface area contributed by atoms with Gasteiger partial charge in [-0.1, -0.05) is 13.8 Å². The van der Waals surface area contributed by atoms with Crippen molar-refractivity contribution in [1.82, 2.24) is 10.6 Å². The average Bonchev–Trinajstić information content (AvgIpc) is 2.38. The quantitative estimate of drug-likeness (QED) is 0.698. The first-order valence-electron chi connectivity index (χ1n) is 8.87. The maximum Gasteiger partial charge on any atom is 0.226 e. The maximum atomic E-state index is 12.9. The summed E-state index contributed by atoms with van der Waals surface area (Å²) in [5, 5.41) is 6.50. The minimum absolute atomic E-state index is 0. The standard InChI is InChI=1S/C18H32N2O2.ClH/c1-16-8-14-9-17(2,11-16)13-18(10-14,12-16)15(21)20-5-4-19-6-7-22-3;/h14,19H,4-13H2,1-3H3,(H,20,21);1H. The zero-order chi connectivity index (χ0) is 15.8. The van der Waals surface area contributed by atoms with Crippen molar-refractivity contribution >= 4 is 18.3 Å². The highest BCUT2D eigenvalue weighted by Gasteiger charge is 2.62. The van der Waals surface area contributed by atoms with Crippen molar-refractivity contribution in [1.29, 1.82) is 0 Å². The van der Waals surface area contributed by atoms with E-state index in [9.17, 15) is 4.79 Å². The number of carbonyl (C=O) groups is 1. The van der Waals surface area contributed by atoms with Gasteiger partial charge in [0.15, 0.2) is 0 Å². The molecule has 23 heavy (non-hydrogen) atoms. The molecule has 4 aliphatic carbocycles. The highest BCUT2D eigenvalue weighted by molar-refractivity contribution is 5.85. The van der Waals surface area contributed by atoms with Crippen molar-refractivity contribution in [2.75, 3.05) is 33.4 Å². The summed E-state index contributed by atoms with van der Waals surface area (Å²) in [5.41, 5.74) is 0.736. The van der Waals surface area contributed by atoms with Gasteiger partial charge in [-0.25, -0.2) is 0 Å². The van der Waals surface area contributed by atoms with Crippen molar-refractivity contribution in [2.24, 2.45) is 22.2 Å². The highest BCUT2D eigenvalue weighted by Crippen LogP contribution is 2.69. The first kappa shape index (κ1) is 19.0. The lowest BCUT2D eigenvalue weighted by Gasteiger charge is -2.64. The Morgan fingerprint density at radius 1 is 1.04 bits per heavy atom. The number of nitrogens with one attached hydrogen (secondary N) is 2. The van der Waals surface area contributed by atoms with Crippen LogP contribution in [0.25, 0.3) is 0 Å². The first-order chi connectivity index (χ1) is 10.4. The van der Waals surface area contributed by atoms with E-state index in [0.717, 1.165) is 51.4 Å². The number of halogens is 1. The summed E-state index contributed by atoms with van der Waals surface area (Å²) in [6, 6.07) is 0. The summed E-state index contributed by atoms with van der Waals surface area (Å²) in [6.07, 6.45) is 7.35. The third-order valence-electron chi connectivity index (χ3n) is 6.18. The second-order valence-corrected chi connectivity index (χ2v) is 8.91. The van der Waals surface area contributed by atoms with E-state index in [1.54, 1.807) is 7.11 Å². The zero-order valence-electron chi connectivity index (χ0n) is 14.9. The van der Waals surface area contributed by atoms with E-state index in [-0.39, 0.29) is 17.8 Å². The minimum Gasteiger partial charge on any atom is -0.383 e. The summed E-state index contributed by atoms with van der Waals surface area (Å²) < 4.78 is 5.01. The SMILES string of the molecule is COCCNCCNC(=O)C12CC3CC(C)(CC(C)(C3)C1)C2.Cl. The van der Waals surface area contributed by atoms with Crippen LogP contribution in [0.3, 0.4) is 0 Å². The van der Waals surface area contributed by atoms with Crippen LogP contribution in [0.15, 0.2) is 0 Å². The number of methoxy groups -OCH3 is 1. The van der Waals surface area contributed by atoms with Gasteiger partial charge in [0.1, 0.15) is 0 Å². The molecule has 1 amide bonds. The van der Waals surface area contributed by atoms with E-state index in [1.807, 2.05) is 0 Å². The molecule has 0 radical (unpaired) electrons. The summed E-state index contributed by atoms with van der Waals surface area (Å²) in [5.74, 6) is 1.10. The Balaban J connectivity index is 0.00000192. The smallest absolute Gasteiger partial charge is 0.226 e. The second-order valence-electron chi connectivity index (χ2n) is 8.91. The molecule has 0 aromatic rings. The number of hydrogen-bond acceptors (Lipinski definition) is 3. The molecular weight excluding hydrogens is 312 g/mol. The number of hydrogen-bond donors (Lipinski definition) is 2. The van der Waals surface area contributed by atoms with Crippen molar-refractivity contribution in [3.8, 4) is 0 Å². The number of carbonyl (C=O) groups excluding carboxylic acids is 1. The molecule has 0 aromatic heterocycles. The van der Waals surface area contributed by atoms with E-state index in [1.165, 1.54) is 19.3 Å². The molecule has 2 atom stereocenters. The average molecular weight is 345 g/mol. The van der Waals surface area contributed by atoms with Crippen LogP contribution in [-0.2, 0) is 9.53 Å². The van der Waals surface area contributed by atoms with Crippen LogP contribution in [0.4, 0.5) is 0 Å². The Hall–Kier alpha value is -0.320. The predicted octanol–water partition coefficient (Wildman–Crippen LogP) is 2.76.